The van der Waals surface area contributed by atoms with E-state index in [4.69, 9.17) is 21.1 Å². The van der Waals surface area contributed by atoms with Crippen LogP contribution in [-0.4, -0.2) is 57.5 Å². The van der Waals surface area contributed by atoms with Gasteiger partial charge in [-0.15, -0.1) is 0 Å². The number of nitrogens with zero attached hydrogens (tertiary/aromatic N) is 2. The molecule has 2 atom stereocenters. The standard InChI is InChI=1S/C32H40ClN3O6S/c1-6-23(4)34-32(38)28(7-2)35(21-24-13-17-26(41-5)18-14-24)31(37)22-36(29-11-9-10-12-30(29)42-8-3)43(39,40)27-19-15-25(33)16-20-27/h9-20,23,28H,6-8,21-22H2,1-5H3,(H,34,38). The molecular weight excluding hydrogens is 590 g/mol. The summed E-state index contributed by atoms with van der Waals surface area (Å²) in [7, 11) is -2.71. The fourth-order valence-corrected chi connectivity index (χ4v) is 6.03. The summed E-state index contributed by atoms with van der Waals surface area (Å²) in [5, 5.41) is 3.35. The number of hydrogen-bond acceptors (Lipinski definition) is 6. The third-order valence-electron chi connectivity index (χ3n) is 7.01. The quantitative estimate of drug-likeness (QED) is 0.232. The zero-order valence-electron chi connectivity index (χ0n) is 25.2. The van der Waals surface area contributed by atoms with Crippen LogP contribution in [0.4, 0.5) is 5.69 Å². The molecule has 11 heteroatoms. The first kappa shape index (κ1) is 33.7. The number of halogens is 1. The van der Waals surface area contributed by atoms with Gasteiger partial charge in [0.1, 0.15) is 24.1 Å². The second-order valence-electron chi connectivity index (χ2n) is 9.98. The molecule has 0 aliphatic rings. The molecular formula is C32H40ClN3O6S. The number of amides is 2. The third-order valence-corrected chi connectivity index (χ3v) is 9.04. The maximum atomic E-state index is 14.3. The molecule has 0 aliphatic carbocycles. The van der Waals surface area contributed by atoms with Gasteiger partial charge in [0.2, 0.25) is 11.8 Å². The van der Waals surface area contributed by atoms with Gasteiger partial charge >= 0.3 is 0 Å². The highest BCUT2D eigenvalue weighted by Crippen LogP contribution is 2.33. The van der Waals surface area contributed by atoms with Crippen molar-refractivity contribution in [1.82, 2.24) is 10.2 Å². The van der Waals surface area contributed by atoms with Crippen LogP contribution in [-0.2, 0) is 26.2 Å². The minimum absolute atomic E-state index is 0.0424. The lowest BCUT2D eigenvalue weighted by Crippen LogP contribution is -2.53. The van der Waals surface area contributed by atoms with Crippen molar-refractivity contribution in [2.75, 3.05) is 24.6 Å². The highest BCUT2D eigenvalue weighted by molar-refractivity contribution is 7.92. The van der Waals surface area contributed by atoms with Crippen molar-refractivity contribution >= 4 is 39.1 Å². The van der Waals surface area contributed by atoms with Gasteiger partial charge in [-0.05, 0) is 80.8 Å². The minimum Gasteiger partial charge on any atom is -0.497 e. The first-order chi connectivity index (χ1) is 20.5. The smallest absolute Gasteiger partial charge is 0.264 e. The Morgan fingerprint density at radius 3 is 2.16 bits per heavy atom. The summed E-state index contributed by atoms with van der Waals surface area (Å²) in [6.07, 6.45) is 1.04. The Kier molecular flexibility index (Phi) is 12.3. The first-order valence-electron chi connectivity index (χ1n) is 14.3. The highest BCUT2D eigenvalue weighted by atomic mass is 35.5. The lowest BCUT2D eigenvalue weighted by molar-refractivity contribution is -0.140. The van der Waals surface area contributed by atoms with E-state index in [2.05, 4.69) is 5.32 Å². The molecule has 3 rings (SSSR count). The zero-order valence-corrected chi connectivity index (χ0v) is 26.8. The van der Waals surface area contributed by atoms with Crippen molar-refractivity contribution in [2.24, 2.45) is 0 Å². The van der Waals surface area contributed by atoms with Crippen LogP contribution >= 0.6 is 11.6 Å². The van der Waals surface area contributed by atoms with Crippen LogP contribution in [0.3, 0.4) is 0 Å². The van der Waals surface area contributed by atoms with Crippen molar-refractivity contribution in [2.45, 2.75) is 64.1 Å². The summed E-state index contributed by atoms with van der Waals surface area (Å²) in [5.74, 6) is 0.0980. The zero-order chi connectivity index (χ0) is 31.6. The lowest BCUT2D eigenvalue weighted by Gasteiger charge is -2.34. The van der Waals surface area contributed by atoms with Crippen LogP contribution in [0.25, 0.3) is 0 Å². The number of nitrogens with one attached hydrogen (secondary N) is 1. The number of carbonyl (C=O) groups is 2. The Morgan fingerprint density at radius 1 is 0.930 bits per heavy atom. The molecule has 1 N–H and O–H groups in total. The van der Waals surface area contributed by atoms with Crippen LogP contribution < -0.4 is 19.1 Å². The Balaban J connectivity index is 2.10. The van der Waals surface area contributed by atoms with Crippen LogP contribution in [0.15, 0.2) is 77.7 Å². The minimum atomic E-state index is -4.27. The molecule has 2 amide bonds. The molecule has 0 spiro atoms. The predicted molar refractivity (Wildman–Crippen MR) is 169 cm³/mol. The number of hydrogen-bond donors (Lipinski definition) is 1. The number of carbonyl (C=O) groups excluding carboxylic acids is 2. The molecule has 9 nitrogen and oxygen atoms in total. The third kappa shape index (κ3) is 8.64. The molecule has 43 heavy (non-hydrogen) atoms. The SMILES string of the molecule is CCOc1ccccc1N(CC(=O)N(Cc1ccc(OC)cc1)C(CC)C(=O)NC(C)CC)S(=O)(=O)c1ccc(Cl)cc1. The molecule has 2 unspecified atom stereocenters. The van der Waals surface area contributed by atoms with Crippen molar-refractivity contribution in [3.63, 3.8) is 0 Å². The number of sulfonamides is 1. The van der Waals surface area contributed by atoms with E-state index in [1.54, 1.807) is 50.4 Å². The lowest BCUT2D eigenvalue weighted by atomic mass is 10.1. The van der Waals surface area contributed by atoms with E-state index in [1.807, 2.05) is 32.9 Å². The molecule has 0 fully saturated rings. The van der Waals surface area contributed by atoms with E-state index in [0.29, 0.717) is 22.9 Å². The number of anilines is 1. The van der Waals surface area contributed by atoms with E-state index in [0.717, 1.165) is 16.3 Å². The fraction of sp³-hybridized carbons (Fsp3) is 0.375. The van der Waals surface area contributed by atoms with Gasteiger partial charge in [-0.1, -0.05) is 49.7 Å². The van der Waals surface area contributed by atoms with E-state index >= 15 is 0 Å². The molecule has 0 aromatic heterocycles. The van der Waals surface area contributed by atoms with Crippen LogP contribution in [0.1, 0.15) is 46.1 Å². The van der Waals surface area contributed by atoms with Crippen molar-refractivity contribution < 1.29 is 27.5 Å². The summed E-state index contributed by atoms with van der Waals surface area (Å²) in [6, 6.07) is 18.6. The molecule has 0 saturated carbocycles. The number of ether oxygens (including phenoxy) is 2. The monoisotopic (exact) mass is 629 g/mol. The summed E-state index contributed by atoms with van der Waals surface area (Å²) in [6.45, 7) is 7.26. The van der Waals surface area contributed by atoms with Crippen molar-refractivity contribution in [3.8, 4) is 11.5 Å². The average molecular weight is 630 g/mol. The normalized spacial score (nSPS) is 12.6. The van der Waals surface area contributed by atoms with E-state index in [9.17, 15) is 18.0 Å². The fourth-order valence-electron chi connectivity index (χ4n) is 4.48. The average Bonchev–Trinajstić information content (AvgIpc) is 3.00. The maximum Gasteiger partial charge on any atom is 0.264 e. The van der Waals surface area contributed by atoms with Crippen LogP contribution in [0.2, 0.25) is 5.02 Å². The maximum absolute atomic E-state index is 14.3. The largest absolute Gasteiger partial charge is 0.497 e. The second-order valence-corrected chi connectivity index (χ2v) is 12.3. The molecule has 0 heterocycles. The summed E-state index contributed by atoms with van der Waals surface area (Å²) in [4.78, 5) is 29.1. The number of methoxy groups -OCH3 is 1. The van der Waals surface area contributed by atoms with Gasteiger partial charge in [0.05, 0.1) is 24.3 Å². The van der Waals surface area contributed by atoms with Crippen molar-refractivity contribution in [1.29, 1.82) is 0 Å². The number of rotatable bonds is 15. The van der Waals surface area contributed by atoms with Gasteiger partial charge in [-0.3, -0.25) is 13.9 Å². The van der Waals surface area contributed by atoms with E-state index < -0.39 is 28.5 Å². The number of para-hydroxylation sites is 2. The molecule has 232 valence electrons. The summed E-state index contributed by atoms with van der Waals surface area (Å²) in [5.41, 5.74) is 0.958. The first-order valence-corrected chi connectivity index (χ1v) is 16.1. The summed E-state index contributed by atoms with van der Waals surface area (Å²) >= 11 is 6.04. The van der Waals surface area contributed by atoms with Gasteiger partial charge in [-0.2, -0.15) is 0 Å². The Labute approximate surface area is 259 Å². The van der Waals surface area contributed by atoms with Crippen LogP contribution in [0.5, 0.6) is 11.5 Å². The van der Waals surface area contributed by atoms with E-state index in [-0.39, 0.29) is 35.7 Å². The number of benzene rings is 3. The molecule has 0 aliphatic heterocycles. The highest BCUT2D eigenvalue weighted by Gasteiger charge is 2.35. The van der Waals surface area contributed by atoms with E-state index in [1.165, 1.54) is 29.2 Å². The molecule has 3 aromatic carbocycles. The second kappa shape index (κ2) is 15.6. The van der Waals surface area contributed by atoms with Crippen LogP contribution in [0, 0.1) is 0 Å². The Hall–Kier alpha value is -3.76. The topological polar surface area (TPSA) is 105 Å². The van der Waals surface area contributed by atoms with Gasteiger partial charge in [0, 0.05) is 17.6 Å². The molecule has 3 aromatic rings. The Morgan fingerprint density at radius 2 is 1.58 bits per heavy atom. The van der Waals surface area contributed by atoms with Gasteiger partial charge in [0.15, 0.2) is 0 Å². The van der Waals surface area contributed by atoms with Gasteiger partial charge in [0.25, 0.3) is 10.0 Å². The molecule has 0 bridgehead atoms. The predicted octanol–water partition coefficient (Wildman–Crippen LogP) is 5.66. The summed E-state index contributed by atoms with van der Waals surface area (Å²) < 4.78 is 40.3. The Bertz CT molecular complexity index is 1470. The van der Waals surface area contributed by atoms with Gasteiger partial charge in [-0.25, -0.2) is 8.42 Å². The van der Waals surface area contributed by atoms with Crippen molar-refractivity contribution in [3.05, 3.63) is 83.4 Å². The molecule has 0 radical (unpaired) electrons. The molecule has 0 saturated heterocycles. The van der Waals surface area contributed by atoms with Gasteiger partial charge < -0.3 is 19.7 Å².